The molecule has 1 aromatic heterocycles. The predicted octanol–water partition coefficient (Wildman–Crippen LogP) is 2.64. The maximum Gasteiger partial charge on any atom is 0.254 e. The van der Waals surface area contributed by atoms with Crippen LogP contribution in [0.15, 0.2) is 11.4 Å². The first-order chi connectivity index (χ1) is 6.18. The molecule has 0 aliphatic heterocycles. The van der Waals surface area contributed by atoms with E-state index in [9.17, 15) is 4.79 Å². The summed E-state index contributed by atoms with van der Waals surface area (Å²) in [5, 5.41) is 1.81. The van der Waals surface area contributed by atoms with E-state index < -0.39 is 0 Å². The van der Waals surface area contributed by atoms with Crippen LogP contribution in [-0.2, 0) is 0 Å². The van der Waals surface area contributed by atoms with Crippen LogP contribution in [-0.4, -0.2) is 23.9 Å². The number of rotatable bonds is 2. The molecule has 1 aromatic rings. The molecule has 2 rings (SSSR count). The van der Waals surface area contributed by atoms with Gasteiger partial charge in [0, 0.05) is 18.5 Å². The number of thiophene rings is 1. The monoisotopic (exact) mass is 215 g/mol. The molecule has 0 radical (unpaired) electrons. The van der Waals surface area contributed by atoms with Gasteiger partial charge in [0.1, 0.15) is 0 Å². The van der Waals surface area contributed by atoms with Crippen molar-refractivity contribution in [2.24, 2.45) is 0 Å². The van der Waals surface area contributed by atoms with Crippen LogP contribution < -0.4 is 0 Å². The Morgan fingerprint density at radius 1 is 1.69 bits per heavy atom. The zero-order valence-corrected chi connectivity index (χ0v) is 8.86. The Bertz CT molecular complexity index is 332. The van der Waals surface area contributed by atoms with Crippen LogP contribution in [0.2, 0.25) is 4.34 Å². The van der Waals surface area contributed by atoms with Crippen LogP contribution >= 0.6 is 22.9 Å². The lowest BCUT2D eigenvalue weighted by atomic mass is 10.3. The summed E-state index contributed by atoms with van der Waals surface area (Å²) < 4.78 is 0.674. The molecule has 0 bridgehead atoms. The topological polar surface area (TPSA) is 20.3 Å². The van der Waals surface area contributed by atoms with E-state index in [0.717, 1.165) is 12.8 Å². The maximum absolute atomic E-state index is 11.7. The van der Waals surface area contributed by atoms with Gasteiger partial charge in [-0.3, -0.25) is 4.79 Å². The smallest absolute Gasteiger partial charge is 0.254 e. The average molecular weight is 216 g/mol. The van der Waals surface area contributed by atoms with Crippen molar-refractivity contribution >= 4 is 28.8 Å². The number of nitrogens with zero attached hydrogens (tertiary/aromatic N) is 1. The van der Waals surface area contributed by atoms with E-state index in [1.165, 1.54) is 11.3 Å². The second-order valence-corrected chi connectivity index (χ2v) is 4.83. The second-order valence-electron chi connectivity index (χ2n) is 3.29. The van der Waals surface area contributed by atoms with Gasteiger partial charge in [0.15, 0.2) is 0 Å². The number of hydrogen-bond acceptors (Lipinski definition) is 2. The summed E-state index contributed by atoms with van der Waals surface area (Å²) in [5.41, 5.74) is 0.712. The molecule has 0 spiro atoms. The number of carbonyl (C=O) groups is 1. The van der Waals surface area contributed by atoms with Crippen LogP contribution in [0, 0.1) is 0 Å². The molecule has 2 nitrogen and oxygen atoms in total. The van der Waals surface area contributed by atoms with E-state index in [-0.39, 0.29) is 5.91 Å². The quantitative estimate of drug-likeness (QED) is 0.743. The standard InChI is InChI=1S/C9H10ClNOS/c1-11(7-2-3-7)9(12)6-4-8(10)13-5-6/h4-5,7H,2-3H2,1H3. The molecule has 1 saturated carbocycles. The summed E-state index contributed by atoms with van der Waals surface area (Å²) in [6.45, 7) is 0. The van der Waals surface area contributed by atoms with Gasteiger partial charge in [-0.2, -0.15) is 0 Å². The van der Waals surface area contributed by atoms with Crippen LogP contribution in [0.4, 0.5) is 0 Å². The summed E-state index contributed by atoms with van der Waals surface area (Å²) in [7, 11) is 1.85. The zero-order valence-electron chi connectivity index (χ0n) is 7.29. The minimum atomic E-state index is 0.0886. The SMILES string of the molecule is CN(C(=O)c1csc(Cl)c1)C1CC1. The summed E-state index contributed by atoms with van der Waals surface area (Å²) in [4.78, 5) is 13.5. The fourth-order valence-corrected chi connectivity index (χ4v) is 2.11. The Kier molecular flexibility index (Phi) is 2.30. The summed E-state index contributed by atoms with van der Waals surface area (Å²) in [5.74, 6) is 0.0886. The third kappa shape index (κ3) is 1.86. The van der Waals surface area contributed by atoms with Gasteiger partial charge in [0.25, 0.3) is 5.91 Å². The van der Waals surface area contributed by atoms with Crippen LogP contribution in [0.5, 0.6) is 0 Å². The molecule has 70 valence electrons. The van der Waals surface area contributed by atoms with Gasteiger partial charge in [-0.25, -0.2) is 0 Å². The molecule has 1 heterocycles. The van der Waals surface area contributed by atoms with Gasteiger partial charge in [0.05, 0.1) is 9.90 Å². The maximum atomic E-state index is 11.7. The second kappa shape index (κ2) is 3.31. The van der Waals surface area contributed by atoms with Crippen LogP contribution in [0.3, 0.4) is 0 Å². The molecule has 4 heteroatoms. The first-order valence-corrected chi connectivity index (χ1v) is 5.45. The van der Waals surface area contributed by atoms with E-state index >= 15 is 0 Å². The first-order valence-electron chi connectivity index (χ1n) is 4.19. The van der Waals surface area contributed by atoms with E-state index in [1.807, 2.05) is 12.4 Å². The fourth-order valence-electron chi connectivity index (χ4n) is 1.25. The zero-order chi connectivity index (χ0) is 9.42. The largest absolute Gasteiger partial charge is 0.339 e. The molecule has 13 heavy (non-hydrogen) atoms. The highest BCUT2D eigenvalue weighted by Crippen LogP contribution is 2.28. The molecule has 1 aliphatic rings. The molecule has 1 fully saturated rings. The van der Waals surface area contributed by atoms with Gasteiger partial charge in [-0.15, -0.1) is 11.3 Å². The van der Waals surface area contributed by atoms with Crippen LogP contribution in [0.1, 0.15) is 23.2 Å². The number of amides is 1. The summed E-state index contributed by atoms with van der Waals surface area (Å²) in [6.07, 6.45) is 2.28. The molecular weight excluding hydrogens is 206 g/mol. The van der Waals surface area contributed by atoms with E-state index in [4.69, 9.17) is 11.6 Å². The Balaban J connectivity index is 2.11. The molecule has 0 saturated heterocycles. The number of halogens is 1. The Hall–Kier alpha value is -0.540. The highest BCUT2D eigenvalue weighted by Gasteiger charge is 2.30. The minimum absolute atomic E-state index is 0.0886. The molecular formula is C9H10ClNOS. The third-order valence-electron chi connectivity index (χ3n) is 2.23. The van der Waals surface area contributed by atoms with Gasteiger partial charge < -0.3 is 4.90 Å². The van der Waals surface area contributed by atoms with Crippen molar-refractivity contribution in [3.05, 3.63) is 21.3 Å². The van der Waals surface area contributed by atoms with Gasteiger partial charge >= 0.3 is 0 Å². The van der Waals surface area contributed by atoms with Crippen molar-refractivity contribution in [3.63, 3.8) is 0 Å². The highest BCUT2D eigenvalue weighted by atomic mass is 35.5. The van der Waals surface area contributed by atoms with Crippen molar-refractivity contribution < 1.29 is 4.79 Å². The van der Waals surface area contributed by atoms with E-state index in [2.05, 4.69) is 0 Å². The van der Waals surface area contributed by atoms with Crippen molar-refractivity contribution in [2.45, 2.75) is 18.9 Å². The van der Waals surface area contributed by atoms with E-state index in [1.54, 1.807) is 11.0 Å². The lowest BCUT2D eigenvalue weighted by molar-refractivity contribution is 0.0785. The van der Waals surface area contributed by atoms with Crippen molar-refractivity contribution in [1.82, 2.24) is 4.90 Å². The average Bonchev–Trinajstić information content (AvgIpc) is 2.87. The number of carbonyl (C=O) groups excluding carboxylic acids is 1. The Morgan fingerprint density at radius 2 is 2.38 bits per heavy atom. The lowest BCUT2D eigenvalue weighted by Gasteiger charge is -2.14. The molecule has 0 N–H and O–H groups in total. The fraction of sp³-hybridized carbons (Fsp3) is 0.444. The normalized spacial score (nSPS) is 15.8. The first kappa shape index (κ1) is 9.03. The molecule has 1 amide bonds. The molecule has 0 unspecified atom stereocenters. The Labute approximate surface area is 86.1 Å². The number of hydrogen-bond donors (Lipinski definition) is 0. The molecule has 0 aromatic carbocycles. The third-order valence-corrected chi connectivity index (χ3v) is 3.32. The van der Waals surface area contributed by atoms with Crippen molar-refractivity contribution in [3.8, 4) is 0 Å². The Morgan fingerprint density at radius 3 is 2.85 bits per heavy atom. The van der Waals surface area contributed by atoms with Crippen LogP contribution in [0.25, 0.3) is 0 Å². The summed E-state index contributed by atoms with van der Waals surface area (Å²) >= 11 is 7.15. The van der Waals surface area contributed by atoms with Gasteiger partial charge in [-0.1, -0.05) is 11.6 Å². The van der Waals surface area contributed by atoms with Gasteiger partial charge in [-0.05, 0) is 18.9 Å². The highest BCUT2D eigenvalue weighted by molar-refractivity contribution is 7.14. The lowest BCUT2D eigenvalue weighted by Crippen LogP contribution is -2.28. The predicted molar refractivity (Wildman–Crippen MR) is 54.4 cm³/mol. The van der Waals surface area contributed by atoms with E-state index in [0.29, 0.717) is 15.9 Å². The van der Waals surface area contributed by atoms with Crippen molar-refractivity contribution in [1.29, 1.82) is 0 Å². The molecule has 0 atom stereocenters. The molecule has 1 aliphatic carbocycles. The summed E-state index contributed by atoms with van der Waals surface area (Å²) in [6, 6.07) is 2.19. The van der Waals surface area contributed by atoms with Gasteiger partial charge in [0.2, 0.25) is 0 Å². The minimum Gasteiger partial charge on any atom is -0.339 e. The van der Waals surface area contributed by atoms with Crippen molar-refractivity contribution in [2.75, 3.05) is 7.05 Å².